The van der Waals surface area contributed by atoms with Crippen LogP contribution in [0.5, 0.6) is 5.75 Å². The predicted molar refractivity (Wildman–Crippen MR) is 44.7 cm³/mol. The van der Waals surface area contributed by atoms with Gasteiger partial charge in [-0.1, -0.05) is 30.2 Å². The smallest absolute Gasteiger partial charge is 0.872 e. The molecule has 1 aromatic rings. The van der Waals surface area contributed by atoms with Gasteiger partial charge in [-0.05, 0) is 25.8 Å². The monoisotopic (exact) mass is 172 g/mol. The Hall–Kier alpha value is 0.0200. The van der Waals surface area contributed by atoms with E-state index in [0.717, 1.165) is 17.5 Å². The van der Waals surface area contributed by atoms with Crippen LogP contribution in [0.1, 0.15) is 23.6 Å². The second-order valence-corrected chi connectivity index (χ2v) is 2.91. The molecule has 0 atom stereocenters. The summed E-state index contributed by atoms with van der Waals surface area (Å²) in [6.45, 7) is 5.83. The van der Waals surface area contributed by atoms with Crippen LogP contribution in [-0.4, -0.2) is 0 Å². The Morgan fingerprint density at radius 3 is 1.92 bits per heavy atom. The first-order chi connectivity index (χ1) is 5.15. The average Bonchev–Trinajstić information content (AvgIpc) is 1.99. The molecular formula is C10H13NaO. The van der Waals surface area contributed by atoms with Crippen LogP contribution in [0.25, 0.3) is 0 Å². The van der Waals surface area contributed by atoms with E-state index >= 15 is 0 Å². The van der Waals surface area contributed by atoms with Gasteiger partial charge in [-0.3, -0.25) is 0 Å². The molecule has 60 valence electrons. The number of aryl methyl sites for hydroxylation is 3. The Morgan fingerprint density at radius 1 is 1.17 bits per heavy atom. The molecule has 0 spiro atoms. The third kappa shape index (κ3) is 2.51. The van der Waals surface area contributed by atoms with Gasteiger partial charge in [-0.2, -0.15) is 0 Å². The summed E-state index contributed by atoms with van der Waals surface area (Å²) in [7, 11) is 0. The van der Waals surface area contributed by atoms with Gasteiger partial charge < -0.3 is 5.11 Å². The zero-order valence-electron chi connectivity index (χ0n) is 8.27. The van der Waals surface area contributed by atoms with Crippen molar-refractivity contribution in [1.29, 1.82) is 0 Å². The average molecular weight is 172 g/mol. The molecule has 0 radical (unpaired) electrons. The largest absolute Gasteiger partial charge is 1.00 e. The molecular weight excluding hydrogens is 159 g/mol. The van der Waals surface area contributed by atoms with Crippen LogP contribution in [0.15, 0.2) is 12.1 Å². The zero-order chi connectivity index (χ0) is 8.43. The SMILES string of the molecule is CCc1cc(C)c([O-])c(C)c1.[Na+]. The van der Waals surface area contributed by atoms with Crippen LogP contribution in [0.2, 0.25) is 0 Å². The van der Waals surface area contributed by atoms with Gasteiger partial charge in [0.15, 0.2) is 0 Å². The summed E-state index contributed by atoms with van der Waals surface area (Å²) in [4.78, 5) is 0. The summed E-state index contributed by atoms with van der Waals surface area (Å²) >= 11 is 0. The Bertz CT molecular complexity index is 246. The maximum absolute atomic E-state index is 11.2. The fraction of sp³-hybridized carbons (Fsp3) is 0.400. The molecule has 0 unspecified atom stereocenters. The maximum Gasteiger partial charge on any atom is 1.00 e. The number of benzene rings is 1. The second-order valence-electron chi connectivity index (χ2n) is 2.91. The van der Waals surface area contributed by atoms with Crippen molar-refractivity contribution < 1.29 is 34.7 Å². The van der Waals surface area contributed by atoms with Crippen LogP contribution in [-0.2, 0) is 6.42 Å². The van der Waals surface area contributed by atoms with E-state index < -0.39 is 0 Å². The molecule has 0 aliphatic carbocycles. The van der Waals surface area contributed by atoms with Gasteiger partial charge >= 0.3 is 29.6 Å². The molecule has 0 bridgehead atoms. The fourth-order valence-electron chi connectivity index (χ4n) is 1.24. The Labute approximate surface area is 96.1 Å². The van der Waals surface area contributed by atoms with Gasteiger partial charge in [0.1, 0.15) is 0 Å². The van der Waals surface area contributed by atoms with Crippen molar-refractivity contribution >= 4 is 0 Å². The van der Waals surface area contributed by atoms with Gasteiger partial charge in [0.2, 0.25) is 0 Å². The van der Waals surface area contributed by atoms with E-state index in [2.05, 4.69) is 6.92 Å². The summed E-state index contributed by atoms with van der Waals surface area (Å²) < 4.78 is 0. The molecule has 0 heterocycles. The summed E-state index contributed by atoms with van der Waals surface area (Å²) in [6, 6.07) is 3.94. The van der Waals surface area contributed by atoms with Crippen molar-refractivity contribution in [2.75, 3.05) is 0 Å². The zero-order valence-corrected chi connectivity index (χ0v) is 10.3. The van der Waals surface area contributed by atoms with Gasteiger partial charge in [0.25, 0.3) is 0 Å². The Balaban J connectivity index is 0.00000121. The molecule has 1 aromatic carbocycles. The Morgan fingerprint density at radius 2 is 1.58 bits per heavy atom. The fourth-order valence-corrected chi connectivity index (χ4v) is 1.24. The van der Waals surface area contributed by atoms with Gasteiger partial charge in [-0.25, -0.2) is 0 Å². The molecule has 0 saturated heterocycles. The van der Waals surface area contributed by atoms with E-state index in [1.54, 1.807) is 0 Å². The first-order valence-electron chi connectivity index (χ1n) is 3.92. The molecule has 0 aliphatic rings. The van der Waals surface area contributed by atoms with Crippen LogP contribution in [0.4, 0.5) is 0 Å². The number of hydrogen-bond donors (Lipinski definition) is 0. The third-order valence-electron chi connectivity index (χ3n) is 1.93. The van der Waals surface area contributed by atoms with E-state index in [0.29, 0.717) is 0 Å². The minimum Gasteiger partial charge on any atom is -0.872 e. The van der Waals surface area contributed by atoms with Gasteiger partial charge in [0.05, 0.1) is 0 Å². The van der Waals surface area contributed by atoms with E-state index in [9.17, 15) is 5.11 Å². The van der Waals surface area contributed by atoms with E-state index in [1.165, 1.54) is 5.56 Å². The van der Waals surface area contributed by atoms with Crippen molar-refractivity contribution in [3.05, 3.63) is 28.8 Å². The number of hydrogen-bond acceptors (Lipinski definition) is 1. The maximum atomic E-state index is 11.2. The summed E-state index contributed by atoms with van der Waals surface area (Å²) in [5.74, 6) is 0.183. The number of rotatable bonds is 1. The van der Waals surface area contributed by atoms with Crippen molar-refractivity contribution in [3.63, 3.8) is 0 Å². The van der Waals surface area contributed by atoms with Gasteiger partial charge in [-0.15, -0.1) is 5.75 Å². The molecule has 12 heavy (non-hydrogen) atoms. The summed E-state index contributed by atoms with van der Waals surface area (Å²) in [6.07, 6.45) is 1.00. The minimum atomic E-state index is 0. The quantitative estimate of drug-likeness (QED) is 0.495. The second kappa shape index (κ2) is 4.90. The van der Waals surface area contributed by atoms with Crippen LogP contribution < -0.4 is 34.7 Å². The molecule has 0 fully saturated rings. The molecule has 0 N–H and O–H groups in total. The van der Waals surface area contributed by atoms with E-state index in [1.807, 2.05) is 26.0 Å². The molecule has 0 amide bonds. The Kier molecular flexibility index (Phi) is 4.91. The van der Waals surface area contributed by atoms with Crippen molar-refractivity contribution in [3.8, 4) is 5.75 Å². The van der Waals surface area contributed by atoms with E-state index in [-0.39, 0.29) is 35.3 Å². The van der Waals surface area contributed by atoms with Gasteiger partial charge in [0, 0.05) is 0 Å². The van der Waals surface area contributed by atoms with Crippen LogP contribution >= 0.6 is 0 Å². The standard InChI is InChI=1S/C10H14O.Na/c1-4-9-5-7(2)10(11)8(3)6-9;/h5-6,11H,4H2,1-3H3;/q;+1/p-1. The molecule has 2 heteroatoms. The molecule has 0 aromatic heterocycles. The molecule has 1 rings (SSSR count). The topological polar surface area (TPSA) is 23.1 Å². The van der Waals surface area contributed by atoms with Crippen molar-refractivity contribution in [2.45, 2.75) is 27.2 Å². The normalized spacial score (nSPS) is 9.25. The summed E-state index contributed by atoms with van der Waals surface area (Å²) in [5.41, 5.74) is 2.98. The predicted octanol–water partition coefficient (Wildman–Crippen LogP) is -1.06. The minimum absolute atomic E-state index is 0. The third-order valence-corrected chi connectivity index (χ3v) is 1.93. The molecule has 1 nitrogen and oxygen atoms in total. The van der Waals surface area contributed by atoms with Crippen molar-refractivity contribution in [1.82, 2.24) is 0 Å². The van der Waals surface area contributed by atoms with Crippen LogP contribution in [0, 0.1) is 13.8 Å². The molecule has 0 aliphatic heterocycles. The van der Waals surface area contributed by atoms with E-state index in [4.69, 9.17) is 0 Å². The van der Waals surface area contributed by atoms with Crippen LogP contribution in [0.3, 0.4) is 0 Å². The molecule has 0 saturated carbocycles. The van der Waals surface area contributed by atoms with Crippen molar-refractivity contribution in [2.24, 2.45) is 0 Å². The first kappa shape index (κ1) is 12.0. The first-order valence-corrected chi connectivity index (χ1v) is 3.92. The summed E-state index contributed by atoms with van der Waals surface area (Å²) in [5, 5.41) is 11.2.